The Bertz CT molecular complexity index is 689. The SMILES string of the molecule is CC(Oc1ccc(F)c(Cl)c1)C(=O)c1ccc(Cl)cc1Cl. The number of carbonyl (C=O) groups is 1. The summed E-state index contributed by atoms with van der Waals surface area (Å²) in [6, 6.07) is 8.47. The third kappa shape index (κ3) is 3.88. The van der Waals surface area contributed by atoms with Crippen molar-refractivity contribution >= 4 is 40.6 Å². The van der Waals surface area contributed by atoms with Crippen molar-refractivity contribution in [2.24, 2.45) is 0 Å². The number of Topliss-reactive ketones (excluding diaryl/α,β-unsaturated/α-hetero) is 1. The Labute approximate surface area is 136 Å². The third-order valence-corrected chi connectivity index (χ3v) is 3.61. The average Bonchev–Trinajstić information content (AvgIpc) is 2.42. The molecule has 0 radical (unpaired) electrons. The lowest BCUT2D eigenvalue weighted by Gasteiger charge is -2.15. The van der Waals surface area contributed by atoms with E-state index in [1.165, 1.54) is 30.3 Å². The van der Waals surface area contributed by atoms with E-state index < -0.39 is 11.9 Å². The highest BCUT2D eigenvalue weighted by molar-refractivity contribution is 6.37. The number of halogens is 4. The van der Waals surface area contributed by atoms with Gasteiger partial charge in [0.2, 0.25) is 5.78 Å². The molecule has 0 aliphatic heterocycles. The summed E-state index contributed by atoms with van der Waals surface area (Å²) in [4.78, 5) is 12.3. The van der Waals surface area contributed by atoms with Crippen molar-refractivity contribution in [1.29, 1.82) is 0 Å². The molecule has 2 nitrogen and oxygen atoms in total. The molecule has 0 spiro atoms. The second kappa shape index (κ2) is 6.65. The van der Waals surface area contributed by atoms with E-state index in [1.807, 2.05) is 0 Å². The van der Waals surface area contributed by atoms with E-state index in [0.29, 0.717) is 16.3 Å². The van der Waals surface area contributed by atoms with Gasteiger partial charge in [-0.05, 0) is 37.3 Å². The second-order valence-corrected chi connectivity index (χ2v) is 5.58. The number of hydrogen-bond acceptors (Lipinski definition) is 2. The van der Waals surface area contributed by atoms with Crippen molar-refractivity contribution in [2.45, 2.75) is 13.0 Å². The molecule has 0 saturated carbocycles. The molecule has 0 bridgehead atoms. The molecule has 0 aliphatic rings. The molecule has 0 aromatic heterocycles. The minimum absolute atomic E-state index is 0.0725. The van der Waals surface area contributed by atoms with Crippen molar-refractivity contribution in [3.63, 3.8) is 0 Å². The van der Waals surface area contributed by atoms with Gasteiger partial charge in [-0.3, -0.25) is 4.79 Å². The minimum Gasteiger partial charge on any atom is -0.483 e. The van der Waals surface area contributed by atoms with E-state index in [1.54, 1.807) is 13.0 Å². The molecule has 2 aromatic rings. The van der Waals surface area contributed by atoms with Crippen LogP contribution < -0.4 is 4.74 Å². The zero-order chi connectivity index (χ0) is 15.6. The van der Waals surface area contributed by atoms with Crippen molar-refractivity contribution < 1.29 is 13.9 Å². The molecule has 0 amide bonds. The monoisotopic (exact) mass is 346 g/mol. The second-order valence-electron chi connectivity index (χ2n) is 4.32. The summed E-state index contributed by atoms with van der Waals surface area (Å²) in [5.74, 6) is -0.562. The summed E-state index contributed by atoms with van der Waals surface area (Å²) in [5.41, 5.74) is 0.307. The average molecular weight is 348 g/mol. The predicted octanol–water partition coefficient (Wildman–Crippen LogP) is 5.44. The molecule has 0 fully saturated rings. The van der Waals surface area contributed by atoms with Gasteiger partial charge >= 0.3 is 0 Å². The molecule has 0 saturated heterocycles. The predicted molar refractivity (Wildman–Crippen MR) is 82.3 cm³/mol. The number of rotatable bonds is 4. The van der Waals surface area contributed by atoms with Crippen LogP contribution in [0.1, 0.15) is 17.3 Å². The molecular formula is C15H10Cl3FO2. The first-order valence-corrected chi connectivity index (χ1v) is 7.13. The van der Waals surface area contributed by atoms with Gasteiger partial charge in [-0.15, -0.1) is 0 Å². The molecule has 2 rings (SSSR count). The van der Waals surface area contributed by atoms with Gasteiger partial charge in [0.1, 0.15) is 11.6 Å². The highest BCUT2D eigenvalue weighted by Gasteiger charge is 2.20. The quantitative estimate of drug-likeness (QED) is 0.689. The van der Waals surface area contributed by atoms with Crippen molar-refractivity contribution in [2.75, 3.05) is 0 Å². The summed E-state index contributed by atoms with van der Waals surface area (Å²) in [7, 11) is 0. The lowest BCUT2D eigenvalue weighted by Crippen LogP contribution is -2.24. The van der Waals surface area contributed by atoms with Crippen molar-refractivity contribution in [3.05, 3.63) is 62.8 Å². The van der Waals surface area contributed by atoms with E-state index >= 15 is 0 Å². The summed E-state index contributed by atoms with van der Waals surface area (Å²) < 4.78 is 18.5. The Morgan fingerprint density at radius 3 is 2.43 bits per heavy atom. The number of hydrogen-bond donors (Lipinski definition) is 0. The van der Waals surface area contributed by atoms with E-state index in [4.69, 9.17) is 39.5 Å². The van der Waals surface area contributed by atoms with Crippen molar-refractivity contribution in [3.8, 4) is 5.75 Å². The van der Waals surface area contributed by atoms with Gasteiger partial charge in [0.25, 0.3) is 0 Å². The van der Waals surface area contributed by atoms with Gasteiger partial charge in [0.05, 0.1) is 10.0 Å². The van der Waals surface area contributed by atoms with Crippen molar-refractivity contribution in [1.82, 2.24) is 0 Å². The lowest BCUT2D eigenvalue weighted by molar-refractivity contribution is 0.0818. The first-order chi connectivity index (χ1) is 9.88. The number of ether oxygens (including phenoxy) is 1. The van der Waals surface area contributed by atoms with E-state index in [9.17, 15) is 9.18 Å². The molecule has 110 valence electrons. The fourth-order valence-corrected chi connectivity index (χ4v) is 2.39. The smallest absolute Gasteiger partial charge is 0.204 e. The van der Waals surface area contributed by atoms with Crippen LogP contribution in [-0.4, -0.2) is 11.9 Å². The minimum atomic E-state index is -0.801. The Morgan fingerprint density at radius 1 is 1.10 bits per heavy atom. The van der Waals surface area contributed by atoms with Crippen LogP contribution in [0.4, 0.5) is 4.39 Å². The maximum absolute atomic E-state index is 13.1. The fraction of sp³-hybridized carbons (Fsp3) is 0.133. The van der Waals surface area contributed by atoms with Crippen LogP contribution in [-0.2, 0) is 0 Å². The van der Waals surface area contributed by atoms with Gasteiger partial charge in [-0.25, -0.2) is 4.39 Å². The molecule has 0 aliphatic carbocycles. The van der Waals surface area contributed by atoms with Crippen LogP contribution in [0.25, 0.3) is 0 Å². The largest absolute Gasteiger partial charge is 0.483 e. The zero-order valence-electron chi connectivity index (χ0n) is 10.9. The first kappa shape index (κ1) is 16.1. The number of carbonyl (C=O) groups excluding carboxylic acids is 1. The van der Waals surface area contributed by atoms with Gasteiger partial charge in [0, 0.05) is 16.7 Å². The molecule has 21 heavy (non-hydrogen) atoms. The maximum Gasteiger partial charge on any atom is 0.204 e. The summed E-state index contributed by atoms with van der Waals surface area (Å²) in [6.45, 7) is 1.57. The van der Waals surface area contributed by atoms with Crippen LogP contribution in [0.5, 0.6) is 5.75 Å². The lowest BCUT2D eigenvalue weighted by atomic mass is 10.1. The van der Waals surface area contributed by atoms with Gasteiger partial charge in [-0.2, -0.15) is 0 Å². The van der Waals surface area contributed by atoms with E-state index in [-0.39, 0.29) is 15.8 Å². The first-order valence-electron chi connectivity index (χ1n) is 5.99. The Hall–Kier alpha value is -1.29. The van der Waals surface area contributed by atoms with Crippen LogP contribution in [0.2, 0.25) is 15.1 Å². The Kier molecular flexibility index (Phi) is 5.09. The normalized spacial score (nSPS) is 12.0. The van der Waals surface area contributed by atoms with E-state index in [2.05, 4.69) is 0 Å². The molecule has 2 aromatic carbocycles. The maximum atomic E-state index is 13.1. The molecule has 1 unspecified atom stereocenters. The van der Waals surface area contributed by atoms with Gasteiger partial charge < -0.3 is 4.74 Å². The molecule has 0 N–H and O–H groups in total. The standard InChI is InChI=1S/C15H10Cl3FO2/c1-8(21-10-3-5-14(19)13(18)7-10)15(20)11-4-2-9(16)6-12(11)17/h2-8H,1H3. The number of ketones is 1. The van der Waals surface area contributed by atoms with Crippen LogP contribution >= 0.6 is 34.8 Å². The molecule has 6 heteroatoms. The van der Waals surface area contributed by atoms with Crippen LogP contribution in [0, 0.1) is 5.82 Å². The van der Waals surface area contributed by atoms with Crippen LogP contribution in [0.3, 0.4) is 0 Å². The topological polar surface area (TPSA) is 26.3 Å². The summed E-state index contributed by atoms with van der Waals surface area (Å²) in [5, 5.41) is 0.618. The Balaban J connectivity index is 2.17. The van der Waals surface area contributed by atoms with Gasteiger partial charge in [0.15, 0.2) is 6.10 Å². The zero-order valence-corrected chi connectivity index (χ0v) is 13.1. The number of benzene rings is 2. The van der Waals surface area contributed by atoms with E-state index in [0.717, 1.165) is 0 Å². The Morgan fingerprint density at radius 2 is 1.81 bits per heavy atom. The fourth-order valence-electron chi connectivity index (χ4n) is 1.72. The summed E-state index contributed by atoms with van der Waals surface area (Å²) >= 11 is 17.4. The molecule has 1 atom stereocenters. The molecule has 0 heterocycles. The highest BCUT2D eigenvalue weighted by atomic mass is 35.5. The highest BCUT2D eigenvalue weighted by Crippen LogP contribution is 2.25. The molecular weight excluding hydrogens is 338 g/mol. The summed E-state index contributed by atoms with van der Waals surface area (Å²) in [6.07, 6.45) is -0.801. The van der Waals surface area contributed by atoms with Crippen LogP contribution in [0.15, 0.2) is 36.4 Å². The third-order valence-electron chi connectivity index (χ3n) is 2.77. The van der Waals surface area contributed by atoms with Gasteiger partial charge in [-0.1, -0.05) is 34.8 Å².